The van der Waals surface area contributed by atoms with Crippen LogP contribution in [0.1, 0.15) is 30.0 Å². The molecule has 0 aliphatic carbocycles. The van der Waals surface area contributed by atoms with Gasteiger partial charge in [-0.25, -0.2) is 0 Å². The molecule has 98 valence electrons. The summed E-state index contributed by atoms with van der Waals surface area (Å²) in [6, 6.07) is 9.52. The average molecular weight is 279 g/mol. The van der Waals surface area contributed by atoms with Gasteiger partial charge in [-0.3, -0.25) is 0 Å². The van der Waals surface area contributed by atoms with Crippen LogP contribution in [-0.2, 0) is 5.75 Å². The minimum atomic E-state index is 0.578. The van der Waals surface area contributed by atoms with Gasteiger partial charge in [-0.2, -0.15) is 23.5 Å². The molecule has 0 spiro atoms. The van der Waals surface area contributed by atoms with Crippen LogP contribution in [0.2, 0.25) is 0 Å². The van der Waals surface area contributed by atoms with Gasteiger partial charge >= 0.3 is 0 Å². The van der Waals surface area contributed by atoms with Crippen molar-refractivity contribution in [2.75, 3.05) is 23.8 Å². The fourth-order valence-electron chi connectivity index (χ4n) is 2.81. The number of fused-ring (bicyclic) bond motifs is 1. The molecular formula is C15H21NS2. The molecule has 3 rings (SSSR count). The van der Waals surface area contributed by atoms with E-state index in [0.717, 1.165) is 5.92 Å². The van der Waals surface area contributed by atoms with E-state index in [1.54, 1.807) is 5.56 Å². The average Bonchev–Trinajstić information content (AvgIpc) is 2.46. The SMILES string of the molecule is c1ccc2c(c1)CSCC2NCC1CCSCC1. The van der Waals surface area contributed by atoms with Crippen molar-refractivity contribution in [3.05, 3.63) is 35.4 Å². The highest BCUT2D eigenvalue weighted by Gasteiger charge is 2.21. The van der Waals surface area contributed by atoms with Crippen LogP contribution in [-0.4, -0.2) is 23.8 Å². The molecule has 0 bridgehead atoms. The summed E-state index contributed by atoms with van der Waals surface area (Å²) in [6.07, 6.45) is 2.80. The molecule has 1 aromatic carbocycles. The quantitative estimate of drug-likeness (QED) is 0.906. The van der Waals surface area contributed by atoms with Crippen molar-refractivity contribution in [2.45, 2.75) is 24.6 Å². The van der Waals surface area contributed by atoms with E-state index in [1.807, 2.05) is 0 Å². The van der Waals surface area contributed by atoms with Crippen LogP contribution in [0.25, 0.3) is 0 Å². The molecule has 3 heteroatoms. The highest BCUT2D eigenvalue weighted by atomic mass is 32.2. The highest BCUT2D eigenvalue weighted by molar-refractivity contribution is 7.99. The van der Waals surface area contributed by atoms with E-state index in [2.05, 4.69) is 53.1 Å². The number of nitrogens with one attached hydrogen (secondary N) is 1. The molecule has 1 fully saturated rings. The summed E-state index contributed by atoms with van der Waals surface area (Å²) in [5.41, 5.74) is 3.08. The monoisotopic (exact) mass is 279 g/mol. The van der Waals surface area contributed by atoms with Crippen molar-refractivity contribution in [1.29, 1.82) is 0 Å². The number of hydrogen-bond donors (Lipinski definition) is 1. The van der Waals surface area contributed by atoms with Crippen molar-refractivity contribution in [1.82, 2.24) is 5.32 Å². The Kier molecular flexibility index (Phi) is 4.55. The first-order chi connectivity index (χ1) is 8.93. The summed E-state index contributed by atoms with van der Waals surface area (Å²) in [5.74, 6) is 6.06. The Labute approximate surface area is 119 Å². The maximum Gasteiger partial charge on any atom is 0.0415 e. The summed E-state index contributed by atoms with van der Waals surface area (Å²) < 4.78 is 0. The Balaban J connectivity index is 1.60. The molecule has 1 unspecified atom stereocenters. The summed E-state index contributed by atoms with van der Waals surface area (Å²) in [6.45, 7) is 1.21. The molecule has 18 heavy (non-hydrogen) atoms. The van der Waals surface area contributed by atoms with Crippen LogP contribution in [0, 0.1) is 5.92 Å². The van der Waals surface area contributed by atoms with Crippen LogP contribution >= 0.6 is 23.5 Å². The van der Waals surface area contributed by atoms with E-state index in [4.69, 9.17) is 0 Å². The molecule has 1 N–H and O–H groups in total. The minimum Gasteiger partial charge on any atom is -0.309 e. The molecule has 2 heterocycles. The first kappa shape index (κ1) is 12.9. The summed E-state index contributed by atoms with van der Waals surface area (Å²) in [5, 5.41) is 3.82. The van der Waals surface area contributed by atoms with Gasteiger partial charge in [0.2, 0.25) is 0 Å². The lowest BCUT2D eigenvalue weighted by atomic mass is 9.99. The van der Waals surface area contributed by atoms with E-state index in [1.165, 1.54) is 48.0 Å². The van der Waals surface area contributed by atoms with Gasteiger partial charge in [0.15, 0.2) is 0 Å². The zero-order valence-corrected chi connectivity index (χ0v) is 12.4. The number of thioether (sulfide) groups is 2. The molecule has 1 atom stereocenters. The van der Waals surface area contributed by atoms with Gasteiger partial charge in [0.1, 0.15) is 0 Å². The predicted octanol–water partition coefficient (Wildman–Crippen LogP) is 3.71. The molecular weight excluding hydrogens is 258 g/mol. The Morgan fingerprint density at radius 3 is 2.83 bits per heavy atom. The second kappa shape index (κ2) is 6.36. The molecule has 0 aromatic heterocycles. The Bertz CT molecular complexity index is 388. The summed E-state index contributed by atoms with van der Waals surface area (Å²) in [4.78, 5) is 0. The summed E-state index contributed by atoms with van der Waals surface area (Å²) in [7, 11) is 0. The molecule has 1 nitrogen and oxygen atoms in total. The third-order valence-electron chi connectivity index (χ3n) is 3.97. The number of hydrogen-bond acceptors (Lipinski definition) is 3. The van der Waals surface area contributed by atoms with Gasteiger partial charge in [0, 0.05) is 17.5 Å². The third kappa shape index (κ3) is 3.06. The van der Waals surface area contributed by atoms with Crippen molar-refractivity contribution < 1.29 is 0 Å². The first-order valence-corrected chi connectivity index (χ1v) is 9.21. The van der Waals surface area contributed by atoms with Crippen molar-refractivity contribution in [3.63, 3.8) is 0 Å². The lowest BCUT2D eigenvalue weighted by molar-refractivity contribution is 0.421. The topological polar surface area (TPSA) is 12.0 Å². The molecule has 2 aliphatic rings. The fraction of sp³-hybridized carbons (Fsp3) is 0.600. The lowest BCUT2D eigenvalue weighted by Crippen LogP contribution is -2.32. The standard InChI is InChI=1S/C15H21NS2/c1-2-4-14-13(3-1)10-18-11-15(14)16-9-12-5-7-17-8-6-12/h1-4,12,15-16H,5-11H2. The van der Waals surface area contributed by atoms with Crippen molar-refractivity contribution in [2.24, 2.45) is 5.92 Å². The number of benzene rings is 1. The van der Waals surface area contributed by atoms with E-state index in [9.17, 15) is 0 Å². The van der Waals surface area contributed by atoms with E-state index < -0.39 is 0 Å². The van der Waals surface area contributed by atoms with E-state index in [0.29, 0.717) is 6.04 Å². The zero-order valence-electron chi connectivity index (χ0n) is 10.7. The van der Waals surface area contributed by atoms with Gasteiger partial charge in [-0.1, -0.05) is 24.3 Å². The molecule has 1 saturated heterocycles. The summed E-state index contributed by atoms with van der Waals surface area (Å²) >= 11 is 4.18. The molecule has 1 aromatic rings. The maximum absolute atomic E-state index is 3.82. The molecule has 0 saturated carbocycles. The van der Waals surface area contributed by atoms with E-state index in [-0.39, 0.29) is 0 Å². The second-order valence-electron chi connectivity index (χ2n) is 5.23. The van der Waals surface area contributed by atoms with Gasteiger partial charge in [-0.05, 0) is 47.9 Å². The van der Waals surface area contributed by atoms with Crippen LogP contribution in [0.15, 0.2) is 24.3 Å². The van der Waals surface area contributed by atoms with Gasteiger partial charge in [0.05, 0.1) is 0 Å². The first-order valence-electron chi connectivity index (χ1n) is 6.90. The Morgan fingerprint density at radius 1 is 1.11 bits per heavy atom. The lowest BCUT2D eigenvalue weighted by Gasteiger charge is -2.29. The second-order valence-corrected chi connectivity index (χ2v) is 7.49. The van der Waals surface area contributed by atoms with Crippen molar-refractivity contribution >= 4 is 23.5 Å². The van der Waals surface area contributed by atoms with E-state index >= 15 is 0 Å². The molecule has 2 aliphatic heterocycles. The van der Waals surface area contributed by atoms with Crippen LogP contribution < -0.4 is 5.32 Å². The smallest absolute Gasteiger partial charge is 0.0415 e. The zero-order chi connectivity index (χ0) is 12.2. The Morgan fingerprint density at radius 2 is 1.94 bits per heavy atom. The van der Waals surface area contributed by atoms with Crippen LogP contribution in [0.3, 0.4) is 0 Å². The fourth-order valence-corrected chi connectivity index (χ4v) is 5.15. The highest BCUT2D eigenvalue weighted by Crippen LogP contribution is 2.32. The van der Waals surface area contributed by atoms with Crippen LogP contribution in [0.5, 0.6) is 0 Å². The van der Waals surface area contributed by atoms with Crippen molar-refractivity contribution in [3.8, 4) is 0 Å². The predicted molar refractivity (Wildman–Crippen MR) is 83.4 cm³/mol. The molecule has 0 radical (unpaired) electrons. The normalized spacial score (nSPS) is 24.8. The van der Waals surface area contributed by atoms with Gasteiger partial charge in [0.25, 0.3) is 0 Å². The third-order valence-corrected chi connectivity index (χ3v) is 6.10. The Hall–Kier alpha value is -0.120. The van der Waals surface area contributed by atoms with Gasteiger partial charge in [-0.15, -0.1) is 0 Å². The largest absolute Gasteiger partial charge is 0.309 e. The van der Waals surface area contributed by atoms with Crippen LogP contribution in [0.4, 0.5) is 0 Å². The minimum absolute atomic E-state index is 0.578. The number of rotatable bonds is 3. The molecule has 0 amide bonds. The van der Waals surface area contributed by atoms with Gasteiger partial charge < -0.3 is 5.32 Å². The maximum atomic E-state index is 3.82.